The molecule has 0 aromatic heterocycles. The Morgan fingerprint density at radius 2 is 1.68 bits per heavy atom. The zero-order valence-electron chi connectivity index (χ0n) is 17.1. The first-order valence-electron chi connectivity index (χ1n) is 10.2. The second-order valence-corrected chi connectivity index (χ2v) is 7.81. The highest BCUT2D eigenvalue weighted by atomic mass is 16.7. The number of ether oxygens (including phenoxy) is 1. The molecule has 0 heterocycles. The van der Waals surface area contributed by atoms with Crippen LogP contribution >= 0.6 is 0 Å². The van der Waals surface area contributed by atoms with E-state index >= 15 is 0 Å². The summed E-state index contributed by atoms with van der Waals surface area (Å²) in [5.74, 6) is -1.74. The van der Waals surface area contributed by atoms with E-state index in [1.807, 2.05) is 24.3 Å². The maximum Gasteiger partial charge on any atom is 0.407 e. The van der Waals surface area contributed by atoms with Gasteiger partial charge >= 0.3 is 12.1 Å². The molecule has 0 saturated heterocycles. The molecule has 162 valence electrons. The lowest BCUT2D eigenvalue weighted by atomic mass is 9.98. The first-order chi connectivity index (χ1) is 15.0. The van der Waals surface area contributed by atoms with Gasteiger partial charge in [-0.1, -0.05) is 48.5 Å². The van der Waals surface area contributed by atoms with E-state index in [1.165, 1.54) is 18.2 Å². The van der Waals surface area contributed by atoms with Crippen LogP contribution in [-0.4, -0.2) is 54.9 Å². The van der Waals surface area contributed by atoms with Crippen LogP contribution < -0.4 is 5.32 Å². The summed E-state index contributed by atoms with van der Waals surface area (Å²) in [7, 11) is 1.39. The summed E-state index contributed by atoms with van der Waals surface area (Å²) in [4.78, 5) is 39.8. The standard InChI is InChI=1S/C23H24N2O6/c1-25(31-13-21(26)27)22(28)19-10-14(19)11-24-23(29)30-12-20-17-8-4-2-6-15(17)16-7-3-5-9-18(16)20/h2-9,14,19-20H,10-13H2,1H3,(H,24,29)(H,26,27)/t14-,19-/m0/s1. The lowest BCUT2D eigenvalue weighted by Crippen LogP contribution is -2.32. The Balaban J connectivity index is 1.25. The number of hydrogen-bond acceptors (Lipinski definition) is 5. The van der Waals surface area contributed by atoms with Crippen molar-refractivity contribution in [2.24, 2.45) is 11.8 Å². The molecule has 0 aliphatic heterocycles. The molecule has 2 aromatic carbocycles. The fraction of sp³-hybridized carbons (Fsp3) is 0.348. The number of alkyl carbamates (subject to hydrolysis) is 1. The molecular formula is C23H24N2O6. The summed E-state index contributed by atoms with van der Waals surface area (Å²) < 4.78 is 5.49. The number of carboxylic acid groups (broad SMARTS) is 1. The summed E-state index contributed by atoms with van der Waals surface area (Å²) in [5, 5.41) is 12.3. The van der Waals surface area contributed by atoms with Gasteiger partial charge in [0, 0.05) is 25.4 Å². The topological polar surface area (TPSA) is 105 Å². The first kappa shape index (κ1) is 20.9. The lowest BCUT2D eigenvalue weighted by molar-refractivity contribution is -0.187. The Morgan fingerprint density at radius 1 is 1.06 bits per heavy atom. The van der Waals surface area contributed by atoms with Crippen LogP contribution in [0.2, 0.25) is 0 Å². The number of carboxylic acids is 1. The molecule has 1 saturated carbocycles. The Bertz CT molecular complexity index is 962. The molecule has 2 N–H and O–H groups in total. The van der Waals surface area contributed by atoms with Gasteiger partial charge in [0.1, 0.15) is 6.61 Å². The number of nitrogens with one attached hydrogen (secondary N) is 1. The van der Waals surface area contributed by atoms with Crippen LogP contribution in [0.15, 0.2) is 48.5 Å². The van der Waals surface area contributed by atoms with E-state index in [0.29, 0.717) is 13.0 Å². The van der Waals surface area contributed by atoms with Gasteiger partial charge in [0.2, 0.25) is 5.91 Å². The normalized spacial score (nSPS) is 18.6. The number of aliphatic carboxylic acids is 1. The molecule has 0 radical (unpaired) electrons. The third kappa shape index (κ3) is 4.54. The monoisotopic (exact) mass is 424 g/mol. The number of fused-ring (bicyclic) bond motifs is 3. The number of rotatable bonds is 8. The lowest BCUT2D eigenvalue weighted by Gasteiger charge is -2.16. The van der Waals surface area contributed by atoms with Gasteiger partial charge in [-0.3, -0.25) is 9.63 Å². The smallest absolute Gasteiger partial charge is 0.407 e. The summed E-state index contributed by atoms with van der Waals surface area (Å²) in [6, 6.07) is 16.3. The Hall–Kier alpha value is -3.39. The van der Waals surface area contributed by atoms with E-state index in [0.717, 1.165) is 16.2 Å². The van der Waals surface area contributed by atoms with Crippen LogP contribution in [0, 0.1) is 11.8 Å². The SMILES string of the molecule is CN(OCC(=O)O)C(=O)[C@H]1C[C@H]1CNC(=O)OCC1c2ccccc2-c2ccccc21. The van der Waals surface area contributed by atoms with E-state index in [4.69, 9.17) is 14.7 Å². The van der Waals surface area contributed by atoms with Crippen molar-refractivity contribution in [1.82, 2.24) is 10.4 Å². The molecule has 8 heteroatoms. The maximum absolute atomic E-state index is 12.2. The molecular weight excluding hydrogens is 400 g/mol. The van der Waals surface area contributed by atoms with Crippen molar-refractivity contribution in [3.8, 4) is 11.1 Å². The number of hydroxylamine groups is 2. The second kappa shape index (κ2) is 8.77. The molecule has 2 amide bonds. The third-order valence-electron chi connectivity index (χ3n) is 5.78. The van der Waals surface area contributed by atoms with E-state index < -0.39 is 18.7 Å². The van der Waals surface area contributed by atoms with Gasteiger partial charge in [-0.25, -0.2) is 14.7 Å². The number of benzene rings is 2. The molecule has 8 nitrogen and oxygen atoms in total. The van der Waals surface area contributed by atoms with E-state index in [2.05, 4.69) is 29.6 Å². The molecule has 31 heavy (non-hydrogen) atoms. The molecule has 2 aliphatic carbocycles. The summed E-state index contributed by atoms with van der Waals surface area (Å²) in [6.45, 7) is -0.0177. The van der Waals surface area contributed by atoms with Crippen molar-refractivity contribution in [2.75, 3.05) is 26.8 Å². The van der Waals surface area contributed by atoms with Gasteiger partial charge in [0.15, 0.2) is 6.61 Å². The fourth-order valence-electron chi connectivity index (χ4n) is 4.09. The van der Waals surface area contributed by atoms with E-state index in [-0.39, 0.29) is 30.3 Å². The number of carbonyl (C=O) groups excluding carboxylic acids is 2. The minimum Gasteiger partial charge on any atom is -0.479 e. The Labute approximate surface area is 179 Å². The highest BCUT2D eigenvalue weighted by Gasteiger charge is 2.44. The fourth-order valence-corrected chi connectivity index (χ4v) is 4.09. The predicted molar refractivity (Wildman–Crippen MR) is 111 cm³/mol. The molecule has 0 bridgehead atoms. The molecule has 4 rings (SSSR count). The summed E-state index contributed by atoms with van der Waals surface area (Å²) in [5.41, 5.74) is 4.63. The van der Waals surface area contributed by atoms with Crippen molar-refractivity contribution in [2.45, 2.75) is 12.3 Å². The van der Waals surface area contributed by atoms with Crippen LogP contribution in [0.3, 0.4) is 0 Å². The molecule has 1 fully saturated rings. The van der Waals surface area contributed by atoms with Gasteiger partial charge in [0.05, 0.1) is 0 Å². The summed E-state index contributed by atoms with van der Waals surface area (Å²) in [6.07, 6.45) is 0.0962. The quantitative estimate of drug-likeness (QED) is 0.631. The Morgan fingerprint density at radius 3 is 2.29 bits per heavy atom. The van der Waals surface area contributed by atoms with E-state index in [9.17, 15) is 14.4 Å². The zero-order valence-corrected chi connectivity index (χ0v) is 17.1. The maximum atomic E-state index is 12.2. The van der Waals surface area contributed by atoms with Crippen LogP contribution in [0.25, 0.3) is 11.1 Å². The van der Waals surface area contributed by atoms with Gasteiger partial charge in [-0.05, 0) is 34.6 Å². The third-order valence-corrected chi connectivity index (χ3v) is 5.78. The first-order valence-corrected chi connectivity index (χ1v) is 10.2. The average Bonchev–Trinajstić information content (AvgIpc) is 3.49. The van der Waals surface area contributed by atoms with Gasteiger partial charge in [-0.2, -0.15) is 0 Å². The highest BCUT2D eigenvalue weighted by molar-refractivity contribution is 5.81. The van der Waals surface area contributed by atoms with Crippen molar-refractivity contribution >= 4 is 18.0 Å². The molecule has 0 unspecified atom stereocenters. The number of carbonyl (C=O) groups is 3. The molecule has 2 atom stereocenters. The van der Waals surface area contributed by atoms with Gasteiger partial charge < -0.3 is 15.2 Å². The number of hydrogen-bond donors (Lipinski definition) is 2. The number of nitrogens with zero attached hydrogens (tertiary/aromatic N) is 1. The van der Waals surface area contributed by atoms with Gasteiger partial charge in [0.25, 0.3) is 0 Å². The van der Waals surface area contributed by atoms with Crippen molar-refractivity contribution in [3.05, 3.63) is 59.7 Å². The molecule has 2 aromatic rings. The molecule has 2 aliphatic rings. The molecule has 0 spiro atoms. The van der Waals surface area contributed by atoms with Crippen LogP contribution in [0.5, 0.6) is 0 Å². The van der Waals surface area contributed by atoms with Crippen LogP contribution in [0.4, 0.5) is 4.79 Å². The van der Waals surface area contributed by atoms with Gasteiger partial charge in [-0.15, -0.1) is 0 Å². The van der Waals surface area contributed by atoms with Crippen LogP contribution in [0.1, 0.15) is 23.5 Å². The number of amides is 2. The minimum absolute atomic E-state index is 0.00608. The Kier molecular flexibility index (Phi) is 5.90. The largest absolute Gasteiger partial charge is 0.479 e. The van der Waals surface area contributed by atoms with Crippen molar-refractivity contribution in [1.29, 1.82) is 0 Å². The van der Waals surface area contributed by atoms with E-state index in [1.54, 1.807) is 0 Å². The predicted octanol–water partition coefficient (Wildman–Crippen LogP) is 2.64. The second-order valence-electron chi connectivity index (χ2n) is 7.81. The summed E-state index contributed by atoms with van der Waals surface area (Å²) >= 11 is 0. The van der Waals surface area contributed by atoms with Crippen molar-refractivity contribution in [3.63, 3.8) is 0 Å². The van der Waals surface area contributed by atoms with Crippen LogP contribution in [-0.2, 0) is 19.2 Å². The zero-order chi connectivity index (χ0) is 22.0. The average molecular weight is 424 g/mol. The minimum atomic E-state index is -1.15. The highest BCUT2D eigenvalue weighted by Crippen LogP contribution is 2.44. The van der Waals surface area contributed by atoms with Crippen molar-refractivity contribution < 1.29 is 29.1 Å².